The van der Waals surface area contributed by atoms with Gasteiger partial charge in [-0.2, -0.15) is 0 Å². The molecular weight excluding hydrogens is 280 g/mol. The third-order valence-corrected chi connectivity index (χ3v) is 3.21. The number of aromatic nitrogens is 2. The fourth-order valence-electron chi connectivity index (χ4n) is 2.25. The summed E-state index contributed by atoms with van der Waals surface area (Å²) in [6.45, 7) is 1.79. The van der Waals surface area contributed by atoms with Crippen LogP contribution < -0.4 is 10.2 Å². The molecule has 0 unspecified atom stereocenters. The van der Waals surface area contributed by atoms with Gasteiger partial charge in [-0.15, -0.1) is 0 Å². The summed E-state index contributed by atoms with van der Waals surface area (Å²) in [4.78, 5) is 22.8. The Morgan fingerprint density at radius 3 is 2.86 bits per heavy atom. The van der Waals surface area contributed by atoms with Crippen LogP contribution in [0.3, 0.4) is 0 Å². The van der Waals surface area contributed by atoms with Crippen LogP contribution in [0.4, 0.5) is 11.5 Å². The zero-order valence-electron chi connectivity index (χ0n) is 12.6. The van der Waals surface area contributed by atoms with E-state index in [1.54, 1.807) is 48.4 Å². The highest BCUT2D eigenvalue weighted by molar-refractivity contribution is 6.08. The second kappa shape index (κ2) is 5.48. The number of pyridine rings is 1. The number of nitrogens with one attached hydrogen (secondary N) is 1. The topological polar surface area (TPSA) is 71.3 Å². The fourth-order valence-corrected chi connectivity index (χ4v) is 2.25. The smallest absolute Gasteiger partial charge is 0.259 e. The number of carbonyl (C=O) groups is 1. The molecule has 0 saturated carbocycles. The molecule has 2 heterocycles. The van der Waals surface area contributed by atoms with Crippen molar-refractivity contribution >= 4 is 28.5 Å². The van der Waals surface area contributed by atoms with E-state index < -0.39 is 0 Å². The predicted octanol–water partition coefficient (Wildman–Crippen LogP) is 2.85. The van der Waals surface area contributed by atoms with Gasteiger partial charge in [0.25, 0.3) is 5.91 Å². The first-order valence-corrected chi connectivity index (χ1v) is 6.85. The lowest BCUT2D eigenvalue weighted by atomic mass is 10.2. The average molecular weight is 296 g/mol. The summed E-state index contributed by atoms with van der Waals surface area (Å²) in [6.07, 6.45) is 1.66. The van der Waals surface area contributed by atoms with E-state index in [0.717, 1.165) is 0 Å². The minimum absolute atomic E-state index is 0.212. The average Bonchev–Trinajstić information content (AvgIpc) is 2.86. The van der Waals surface area contributed by atoms with Crippen molar-refractivity contribution in [2.45, 2.75) is 6.92 Å². The van der Waals surface area contributed by atoms with Crippen molar-refractivity contribution in [3.05, 3.63) is 48.0 Å². The molecule has 0 saturated heterocycles. The van der Waals surface area contributed by atoms with Gasteiger partial charge in [-0.05, 0) is 30.3 Å². The molecule has 0 aliphatic heterocycles. The van der Waals surface area contributed by atoms with Crippen molar-refractivity contribution < 1.29 is 9.21 Å². The Bertz CT molecular complexity index is 839. The molecule has 112 valence electrons. The largest absolute Gasteiger partial charge is 0.441 e. The van der Waals surface area contributed by atoms with Gasteiger partial charge in [0.15, 0.2) is 11.5 Å². The Kier molecular flexibility index (Phi) is 3.50. The Hall–Kier alpha value is -2.89. The molecule has 0 aliphatic carbocycles. The van der Waals surface area contributed by atoms with E-state index >= 15 is 0 Å². The quantitative estimate of drug-likeness (QED) is 0.804. The highest BCUT2D eigenvalue weighted by Crippen LogP contribution is 2.21. The van der Waals surface area contributed by atoms with Crippen LogP contribution in [-0.2, 0) is 0 Å². The van der Waals surface area contributed by atoms with E-state index in [0.29, 0.717) is 34.1 Å². The zero-order valence-corrected chi connectivity index (χ0v) is 12.6. The number of fused-ring (bicyclic) bond motifs is 1. The molecule has 22 heavy (non-hydrogen) atoms. The number of rotatable bonds is 3. The molecule has 2 aromatic heterocycles. The molecule has 1 aromatic carbocycles. The summed E-state index contributed by atoms with van der Waals surface area (Å²) in [7, 11) is 3.70. The van der Waals surface area contributed by atoms with Crippen LogP contribution in [0.25, 0.3) is 11.1 Å². The van der Waals surface area contributed by atoms with E-state index in [1.165, 1.54) is 0 Å². The van der Waals surface area contributed by atoms with Gasteiger partial charge in [0.2, 0.25) is 0 Å². The SMILES string of the molecule is Cc1nc2cc(NC(=O)c3cccnc3N(C)C)ccc2o1. The Morgan fingerprint density at radius 2 is 2.09 bits per heavy atom. The second-order valence-corrected chi connectivity index (χ2v) is 5.14. The Balaban J connectivity index is 1.89. The number of benzene rings is 1. The molecule has 6 heteroatoms. The van der Waals surface area contributed by atoms with Crippen LogP contribution >= 0.6 is 0 Å². The molecule has 0 spiro atoms. The van der Waals surface area contributed by atoms with E-state index in [1.807, 2.05) is 14.1 Å². The van der Waals surface area contributed by atoms with E-state index in [2.05, 4.69) is 15.3 Å². The van der Waals surface area contributed by atoms with Crippen LogP contribution in [0.5, 0.6) is 0 Å². The number of nitrogens with zero attached hydrogens (tertiary/aromatic N) is 3. The maximum atomic E-state index is 12.5. The second-order valence-electron chi connectivity index (χ2n) is 5.14. The summed E-state index contributed by atoms with van der Waals surface area (Å²) >= 11 is 0. The summed E-state index contributed by atoms with van der Waals surface area (Å²) in [5, 5.41) is 2.87. The normalized spacial score (nSPS) is 10.7. The molecule has 6 nitrogen and oxygen atoms in total. The molecule has 0 bridgehead atoms. The minimum Gasteiger partial charge on any atom is -0.441 e. The molecular formula is C16H16N4O2. The highest BCUT2D eigenvalue weighted by atomic mass is 16.3. The van der Waals surface area contributed by atoms with Gasteiger partial charge >= 0.3 is 0 Å². The van der Waals surface area contributed by atoms with Crippen molar-refractivity contribution in [1.29, 1.82) is 0 Å². The molecule has 0 radical (unpaired) electrons. The van der Waals surface area contributed by atoms with Crippen molar-refractivity contribution in [1.82, 2.24) is 9.97 Å². The number of oxazole rings is 1. The molecule has 0 fully saturated rings. The monoisotopic (exact) mass is 296 g/mol. The summed E-state index contributed by atoms with van der Waals surface area (Å²) in [5.41, 5.74) is 2.60. The first-order valence-electron chi connectivity index (χ1n) is 6.85. The van der Waals surface area contributed by atoms with Gasteiger partial charge in [-0.25, -0.2) is 9.97 Å². The molecule has 1 N–H and O–H groups in total. The molecule has 3 aromatic rings. The highest BCUT2D eigenvalue weighted by Gasteiger charge is 2.14. The van der Waals surface area contributed by atoms with Gasteiger partial charge in [0, 0.05) is 32.9 Å². The van der Waals surface area contributed by atoms with E-state index in [4.69, 9.17) is 4.42 Å². The molecule has 3 rings (SSSR count). The molecule has 1 amide bonds. The summed E-state index contributed by atoms with van der Waals surface area (Å²) < 4.78 is 5.42. The van der Waals surface area contributed by atoms with Crippen molar-refractivity contribution in [2.75, 3.05) is 24.3 Å². The zero-order chi connectivity index (χ0) is 15.7. The third-order valence-electron chi connectivity index (χ3n) is 3.21. The Morgan fingerprint density at radius 1 is 1.27 bits per heavy atom. The lowest BCUT2D eigenvalue weighted by Crippen LogP contribution is -2.19. The van der Waals surface area contributed by atoms with E-state index in [9.17, 15) is 4.79 Å². The minimum atomic E-state index is -0.212. The van der Waals surface area contributed by atoms with Gasteiger partial charge < -0.3 is 14.6 Å². The maximum Gasteiger partial charge on any atom is 0.259 e. The Labute approximate surface area is 127 Å². The molecule has 0 aliphatic rings. The number of hydrogen-bond acceptors (Lipinski definition) is 5. The third kappa shape index (κ3) is 2.63. The number of aryl methyl sites for hydroxylation is 1. The van der Waals surface area contributed by atoms with Crippen molar-refractivity contribution in [2.24, 2.45) is 0 Å². The lowest BCUT2D eigenvalue weighted by Gasteiger charge is -2.15. The fraction of sp³-hybridized carbons (Fsp3) is 0.188. The van der Waals surface area contributed by atoms with Crippen LogP contribution in [-0.4, -0.2) is 30.0 Å². The number of amides is 1. The van der Waals surface area contributed by atoms with Gasteiger partial charge in [-0.3, -0.25) is 4.79 Å². The summed E-state index contributed by atoms with van der Waals surface area (Å²) in [5.74, 6) is 1.01. The predicted molar refractivity (Wildman–Crippen MR) is 85.3 cm³/mol. The first-order chi connectivity index (χ1) is 10.5. The number of anilines is 2. The van der Waals surface area contributed by atoms with Crippen LogP contribution in [0, 0.1) is 6.92 Å². The van der Waals surface area contributed by atoms with Gasteiger partial charge in [-0.1, -0.05) is 0 Å². The van der Waals surface area contributed by atoms with Crippen molar-refractivity contribution in [3.63, 3.8) is 0 Å². The van der Waals surface area contributed by atoms with Gasteiger partial charge in [0.05, 0.1) is 5.56 Å². The molecule has 0 atom stereocenters. The maximum absolute atomic E-state index is 12.5. The number of carbonyl (C=O) groups excluding carboxylic acids is 1. The van der Waals surface area contributed by atoms with Crippen molar-refractivity contribution in [3.8, 4) is 0 Å². The summed E-state index contributed by atoms with van der Waals surface area (Å²) in [6, 6.07) is 8.86. The van der Waals surface area contributed by atoms with Crippen LogP contribution in [0.1, 0.15) is 16.2 Å². The lowest BCUT2D eigenvalue weighted by molar-refractivity contribution is 0.102. The van der Waals surface area contributed by atoms with E-state index in [-0.39, 0.29) is 5.91 Å². The first kappa shape index (κ1) is 14.1. The standard InChI is InChI=1S/C16H16N4O2/c1-10-18-13-9-11(6-7-14(13)22-10)19-16(21)12-5-4-8-17-15(12)20(2)3/h4-9H,1-3H3,(H,19,21). The van der Waals surface area contributed by atoms with Crippen LogP contribution in [0.2, 0.25) is 0 Å². The number of hydrogen-bond donors (Lipinski definition) is 1. The van der Waals surface area contributed by atoms with Crippen LogP contribution in [0.15, 0.2) is 40.9 Å². The van der Waals surface area contributed by atoms with Gasteiger partial charge in [0.1, 0.15) is 11.3 Å².